The van der Waals surface area contributed by atoms with Crippen molar-refractivity contribution in [2.75, 3.05) is 19.7 Å². The molecule has 0 bridgehead atoms. The lowest BCUT2D eigenvalue weighted by molar-refractivity contribution is 0.0906. The van der Waals surface area contributed by atoms with Crippen molar-refractivity contribution in [3.05, 3.63) is 33.8 Å². The van der Waals surface area contributed by atoms with E-state index in [1.165, 1.54) is 15.6 Å². The standard InChI is InChI=1S/C14H20BrNO/c1-3-16-9-12-6-7-17-14(12)11-4-5-13(15)10(2)8-11/h4-5,8,12,14,16H,3,6-7,9H2,1-2H3. The highest BCUT2D eigenvalue weighted by Crippen LogP contribution is 2.35. The minimum Gasteiger partial charge on any atom is -0.373 e. The first-order valence-corrected chi connectivity index (χ1v) is 7.10. The van der Waals surface area contributed by atoms with Gasteiger partial charge in [0.25, 0.3) is 0 Å². The van der Waals surface area contributed by atoms with Crippen LogP contribution in [0.25, 0.3) is 0 Å². The van der Waals surface area contributed by atoms with Crippen molar-refractivity contribution in [3.63, 3.8) is 0 Å². The highest BCUT2D eigenvalue weighted by Gasteiger charge is 2.29. The van der Waals surface area contributed by atoms with Crippen LogP contribution in [-0.2, 0) is 4.74 Å². The zero-order valence-electron chi connectivity index (χ0n) is 10.5. The summed E-state index contributed by atoms with van der Waals surface area (Å²) in [5.41, 5.74) is 2.59. The van der Waals surface area contributed by atoms with Gasteiger partial charge in [0.2, 0.25) is 0 Å². The molecule has 3 heteroatoms. The van der Waals surface area contributed by atoms with Crippen LogP contribution in [0.1, 0.15) is 30.6 Å². The van der Waals surface area contributed by atoms with E-state index in [4.69, 9.17) is 4.74 Å². The summed E-state index contributed by atoms with van der Waals surface area (Å²) in [4.78, 5) is 0. The summed E-state index contributed by atoms with van der Waals surface area (Å²) >= 11 is 3.54. The number of ether oxygens (including phenoxy) is 1. The Morgan fingerprint density at radius 1 is 1.47 bits per heavy atom. The van der Waals surface area contributed by atoms with E-state index in [2.05, 4.69) is 53.3 Å². The van der Waals surface area contributed by atoms with Gasteiger partial charge in [-0.1, -0.05) is 35.0 Å². The smallest absolute Gasteiger partial charge is 0.0866 e. The molecule has 0 amide bonds. The molecule has 2 nitrogen and oxygen atoms in total. The molecule has 1 N–H and O–H groups in total. The lowest BCUT2D eigenvalue weighted by Gasteiger charge is -2.19. The van der Waals surface area contributed by atoms with E-state index in [1.807, 2.05) is 0 Å². The third-order valence-corrected chi connectivity index (χ3v) is 4.27. The summed E-state index contributed by atoms with van der Waals surface area (Å²) < 4.78 is 7.06. The monoisotopic (exact) mass is 297 g/mol. The topological polar surface area (TPSA) is 21.3 Å². The molecule has 1 fully saturated rings. The van der Waals surface area contributed by atoms with Gasteiger partial charge in [-0.15, -0.1) is 0 Å². The first kappa shape index (κ1) is 13.1. The van der Waals surface area contributed by atoms with Crippen LogP contribution >= 0.6 is 15.9 Å². The molecular formula is C14H20BrNO. The predicted molar refractivity (Wildman–Crippen MR) is 74.2 cm³/mol. The molecule has 1 aliphatic heterocycles. The van der Waals surface area contributed by atoms with Gasteiger partial charge in [0.1, 0.15) is 0 Å². The van der Waals surface area contributed by atoms with Gasteiger partial charge in [-0.2, -0.15) is 0 Å². The van der Waals surface area contributed by atoms with Gasteiger partial charge in [-0.3, -0.25) is 0 Å². The summed E-state index contributed by atoms with van der Waals surface area (Å²) in [6.45, 7) is 7.24. The molecule has 1 aliphatic rings. The molecule has 17 heavy (non-hydrogen) atoms. The molecule has 0 aliphatic carbocycles. The maximum absolute atomic E-state index is 5.89. The highest BCUT2D eigenvalue weighted by atomic mass is 79.9. The summed E-state index contributed by atoms with van der Waals surface area (Å²) in [7, 11) is 0. The first-order valence-electron chi connectivity index (χ1n) is 6.30. The second kappa shape index (κ2) is 5.98. The maximum atomic E-state index is 5.89. The van der Waals surface area contributed by atoms with Crippen molar-refractivity contribution in [2.45, 2.75) is 26.4 Å². The van der Waals surface area contributed by atoms with Crippen molar-refractivity contribution in [2.24, 2.45) is 5.92 Å². The van der Waals surface area contributed by atoms with Gasteiger partial charge in [-0.25, -0.2) is 0 Å². The van der Waals surface area contributed by atoms with Gasteiger partial charge in [0.15, 0.2) is 0 Å². The van der Waals surface area contributed by atoms with E-state index >= 15 is 0 Å². The SMILES string of the molecule is CCNCC1CCOC1c1ccc(Br)c(C)c1. The Morgan fingerprint density at radius 2 is 2.29 bits per heavy atom. The Kier molecular flexibility index (Phi) is 4.60. The second-order valence-electron chi connectivity index (χ2n) is 4.66. The minimum atomic E-state index is 0.265. The molecule has 1 aromatic carbocycles. The van der Waals surface area contributed by atoms with Crippen molar-refractivity contribution in [1.29, 1.82) is 0 Å². The Morgan fingerprint density at radius 3 is 3.00 bits per heavy atom. The van der Waals surface area contributed by atoms with E-state index in [0.29, 0.717) is 5.92 Å². The number of nitrogens with one attached hydrogen (secondary N) is 1. The third kappa shape index (κ3) is 3.09. The van der Waals surface area contributed by atoms with E-state index < -0.39 is 0 Å². The molecule has 0 saturated carbocycles. The number of halogens is 1. The van der Waals surface area contributed by atoms with Crippen LogP contribution in [0.4, 0.5) is 0 Å². The van der Waals surface area contributed by atoms with Crippen LogP contribution in [0.3, 0.4) is 0 Å². The normalized spacial score (nSPS) is 24.2. The Labute approximate surface area is 112 Å². The van der Waals surface area contributed by atoms with Gasteiger partial charge in [-0.05, 0) is 37.1 Å². The van der Waals surface area contributed by atoms with E-state index in [1.54, 1.807) is 0 Å². The van der Waals surface area contributed by atoms with E-state index in [0.717, 1.165) is 26.1 Å². The molecule has 0 radical (unpaired) electrons. The fourth-order valence-corrected chi connectivity index (χ4v) is 2.63. The van der Waals surface area contributed by atoms with Crippen molar-refractivity contribution < 1.29 is 4.74 Å². The van der Waals surface area contributed by atoms with Crippen molar-refractivity contribution >= 4 is 15.9 Å². The predicted octanol–water partition coefficient (Wildman–Crippen LogP) is 3.44. The second-order valence-corrected chi connectivity index (χ2v) is 5.51. The molecule has 2 rings (SSSR count). The van der Waals surface area contributed by atoms with Crippen LogP contribution in [0.2, 0.25) is 0 Å². The molecule has 0 aromatic heterocycles. The average molecular weight is 298 g/mol. The largest absolute Gasteiger partial charge is 0.373 e. The number of aryl methyl sites for hydroxylation is 1. The molecule has 1 heterocycles. The zero-order chi connectivity index (χ0) is 12.3. The quantitative estimate of drug-likeness (QED) is 0.919. The maximum Gasteiger partial charge on any atom is 0.0866 e. The molecular weight excluding hydrogens is 278 g/mol. The summed E-state index contributed by atoms with van der Waals surface area (Å²) in [5, 5.41) is 3.43. The van der Waals surface area contributed by atoms with E-state index in [-0.39, 0.29) is 6.10 Å². The number of hydrogen-bond acceptors (Lipinski definition) is 2. The molecule has 0 spiro atoms. The van der Waals surface area contributed by atoms with Crippen LogP contribution in [0.5, 0.6) is 0 Å². The van der Waals surface area contributed by atoms with Crippen molar-refractivity contribution in [3.8, 4) is 0 Å². The zero-order valence-corrected chi connectivity index (χ0v) is 12.1. The van der Waals surface area contributed by atoms with Gasteiger partial charge < -0.3 is 10.1 Å². The summed E-state index contributed by atoms with van der Waals surface area (Å²) in [6.07, 6.45) is 1.42. The van der Waals surface area contributed by atoms with E-state index in [9.17, 15) is 0 Å². The molecule has 94 valence electrons. The van der Waals surface area contributed by atoms with Gasteiger partial charge >= 0.3 is 0 Å². The molecule has 2 atom stereocenters. The fourth-order valence-electron chi connectivity index (χ4n) is 2.39. The van der Waals surface area contributed by atoms with Gasteiger partial charge in [0.05, 0.1) is 6.10 Å². The van der Waals surface area contributed by atoms with Crippen LogP contribution in [0.15, 0.2) is 22.7 Å². The lowest BCUT2D eigenvalue weighted by Crippen LogP contribution is -2.24. The Bertz CT molecular complexity index is 380. The van der Waals surface area contributed by atoms with Crippen LogP contribution in [0, 0.1) is 12.8 Å². The summed E-state index contributed by atoms with van der Waals surface area (Å²) in [6, 6.07) is 6.53. The third-order valence-electron chi connectivity index (χ3n) is 3.38. The molecule has 1 saturated heterocycles. The number of rotatable bonds is 4. The molecule has 1 aromatic rings. The Balaban J connectivity index is 2.11. The molecule has 2 unspecified atom stereocenters. The first-order chi connectivity index (χ1) is 8.22. The highest BCUT2D eigenvalue weighted by molar-refractivity contribution is 9.10. The number of hydrogen-bond donors (Lipinski definition) is 1. The van der Waals surface area contributed by atoms with Gasteiger partial charge in [0, 0.05) is 23.5 Å². The number of benzene rings is 1. The van der Waals surface area contributed by atoms with Crippen LogP contribution < -0.4 is 5.32 Å². The minimum absolute atomic E-state index is 0.265. The summed E-state index contributed by atoms with van der Waals surface area (Å²) in [5.74, 6) is 0.607. The fraction of sp³-hybridized carbons (Fsp3) is 0.571. The van der Waals surface area contributed by atoms with Crippen molar-refractivity contribution in [1.82, 2.24) is 5.32 Å². The van der Waals surface area contributed by atoms with Crippen LogP contribution in [-0.4, -0.2) is 19.7 Å². The average Bonchev–Trinajstić information content (AvgIpc) is 2.78. The lowest BCUT2D eigenvalue weighted by atomic mass is 9.94. The Hall–Kier alpha value is -0.380.